The van der Waals surface area contributed by atoms with Crippen molar-refractivity contribution in [2.75, 3.05) is 5.75 Å². The number of carbonyl (C=O) groups is 2. The summed E-state index contributed by atoms with van der Waals surface area (Å²) in [7, 11) is 0. The van der Waals surface area contributed by atoms with Crippen LogP contribution < -0.4 is 9.47 Å². The molecule has 1 atom stereocenters. The smallest absolute Gasteiger partial charge is 0.308 e. The van der Waals surface area contributed by atoms with Gasteiger partial charge in [-0.25, -0.2) is 0 Å². The zero-order chi connectivity index (χ0) is 19.6. The molecule has 0 heterocycles. The molecule has 2 aromatic rings. The summed E-state index contributed by atoms with van der Waals surface area (Å²) in [5.41, 5.74) is 1.92. The molecule has 0 aromatic heterocycles. The van der Waals surface area contributed by atoms with Gasteiger partial charge in [-0.1, -0.05) is 36.4 Å². The fourth-order valence-electron chi connectivity index (χ4n) is 2.39. The Morgan fingerprint density at radius 2 is 1.67 bits per heavy atom. The predicted octanol–water partition coefficient (Wildman–Crippen LogP) is 3.89. The van der Waals surface area contributed by atoms with Crippen LogP contribution in [0.3, 0.4) is 0 Å². The molecule has 0 aliphatic rings. The Labute approximate surface area is 162 Å². The summed E-state index contributed by atoms with van der Waals surface area (Å²) in [6.07, 6.45) is 3.41. The van der Waals surface area contributed by atoms with E-state index in [-0.39, 0.29) is 11.5 Å². The number of hydrogen-bond donors (Lipinski definition) is 0. The maximum atomic E-state index is 12.2. The molecular formula is C21H22O5S. The summed E-state index contributed by atoms with van der Waals surface area (Å²) in [6, 6.07) is 14.9. The van der Waals surface area contributed by atoms with Crippen LogP contribution in [0.15, 0.2) is 53.9 Å². The van der Waals surface area contributed by atoms with Crippen molar-refractivity contribution < 1.29 is 23.6 Å². The van der Waals surface area contributed by atoms with Gasteiger partial charge in [-0.15, -0.1) is 0 Å². The fraction of sp³-hybridized carbons (Fsp3) is 0.238. The minimum Gasteiger partial charge on any atom is -0.612 e. The standard InChI is InChI=1S/C21H22O5S/c1-16(22)25-20-11-10-19(15-21(20)26-17(2)23)12-14-27(24)13-6-9-18-7-4-3-5-8-18/h3-5,7-8,10-12,14-15H,6,9,13H2,1-2H3/b14-12+. The number of benzene rings is 2. The maximum Gasteiger partial charge on any atom is 0.308 e. The normalized spacial score (nSPS) is 12.0. The van der Waals surface area contributed by atoms with E-state index in [0.717, 1.165) is 12.8 Å². The Kier molecular flexibility index (Phi) is 8.10. The van der Waals surface area contributed by atoms with Crippen molar-refractivity contribution in [3.05, 3.63) is 65.1 Å². The lowest BCUT2D eigenvalue weighted by Gasteiger charge is -2.09. The summed E-state index contributed by atoms with van der Waals surface area (Å²) < 4.78 is 22.3. The van der Waals surface area contributed by atoms with Crippen LogP contribution >= 0.6 is 0 Å². The molecule has 0 aliphatic carbocycles. The molecule has 142 valence electrons. The van der Waals surface area contributed by atoms with E-state index in [9.17, 15) is 14.1 Å². The highest BCUT2D eigenvalue weighted by Gasteiger charge is 2.11. The Bertz CT molecular complexity index is 801. The molecular weight excluding hydrogens is 364 g/mol. The molecule has 0 amide bonds. The van der Waals surface area contributed by atoms with Crippen molar-refractivity contribution in [2.24, 2.45) is 0 Å². The quantitative estimate of drug-likeness (QED) is 0.391. The molecule has 0 N–H and O–H groups in total. The zero-order valence-corrected chi connectivity index (χ0v) is 16.2. The van der Waals surface area contributed by atoms with Crippen LogP contribution in [0, 0.1) is 0 Å². The highest BCUT2D eigenvalue weighted by molar-refractivity contribution is 7.94. The third-order valence-electron chi connectivity index (χ3n) is 3.54. The van der Waals surface area contributed by atoms with Crippen LogP contribution in [0.2, 0.25) is 0 Å². The van der Waals surface area contributed by atoms with Gasteiger partial charge in [0.05, 0.1) is 0 Å². The monoisotopic (exact) mass is 386 g/mol. The SMILES string of the molecule is CC(=O)Oc1ccc(/C=C/[S+]([O-])CCCc2ccccc2)cc1OC(C)=O. The molecule has 0 aliphatic heterocycles. The molecule has 27 heavy (non-hydrogen) atoms. The number of hydrogen-bond acceptors (Lipinski definition) is 5. The van der Waals surface area contributed by atoms with Gasteiger partial charge in [0.1, 0.15) is 11.2 Å². The van der Waals surface area contributed by atoms with Crippen molar-refractivity contribution in [1.29, 1.82) is 0 Å². The molecule has 0 spiro atoms. The van der Waals surface area contributed by atoms with Crippen LogP contribution in [0.25, 0.3) is 6.08 Å². The van der Waals surface area contributed by atoms with Gasteiger partial charge in [0.25, 0.3) is 0 Å². The number of carbonyl (C=O) groups excluding carboxylic acids is 2. The second-order valence-corrected chi connectivity index (χ2v) is 7.31. The second-order valence-electron chi connectivity index (χ2n) is 5.87. The summed E-state index contributed by atoms with van der Waals surface area (Å²) in [4.78, 5) is 22.4. The molecule has 6 heteroatoms. The molecule has 0 bridgehead atoms. The highest BCUT2D eigenvalue weighted by atomic mass is 32.2. The Morgan fingerprint density at radius 3 is 2.33 bits per heavy atom. The van der Waals surface area contributed by atoms with Crippen LogP contribution in [-0.2, 0) is 27.2 Å². The third-order valence-corrected chi connectivity index (χ3v) is 4.67. The van der Waals surface area contributed by atoms with Crippen LogP contribution in [0.4, 0.5) is 0 Å². The predicted molar refractivity (Wildman–Crippen MR) is 106 cm³/mol. The first-order valence-electron chi connectivity index (χ1n) is 8.54. The van der Waals surface area contributed by atoms with Gasteiger partial charge in [-0.3, -0.25) is 9.59 Å². The lowest BCUT2D eigenvalue weighted by molar-refractivity contribution is -0.134. The molecule has 0 saturated carbocycles. The van der Waals surface area contributed by atoms with Crippen molar-refractivity contribution in [1.82, 2.24) is 0 Å². The number of aryl methyl sites for hydroxylation is 1. The topological polar surface area (TPSA) is 75.7 Å². The summed E-state index contributed by atoms with van der Waals surface area (Å²) in [6.45, 7) is 2.53. The molecule has 0 fully saturated rings. The van der Waals surface area contributed by atoms with E-state index < -0.39 is 23.1 Å². The maximum absolute atomic E-state index is 12.2. The van der Waals surface area contributed by atoms with Gasteiger partial charge in [0.2, 0.25) is 0 Å². The first kappa shape index (κ1) is 20.7. The van der Waals surface area contributed by atoms with E-state index in [1.807, 2.05) is 18.2 Å². The number of ether oxygens (including phenoxy) is 2. The number of esters is 2. The third kappa shape index (κ3) is 7.68. The molecule has 2 aromatic carbocycles. The molecule has 2 rings (SSSR count). The van der Waals surface area contributed by atoms with Crippen LogP contribution in [0.5, 0.6) is 11.5 Å². The molecule has 1 unspecified atom stereocenters. The van der Waals surface area contributed by atoms with Crippen LogP contribution in [0.1, 0.15) is 31.4 Å². The average molecular weight is 386 g/mol. The summed E-state index contributed by atoms with van der Waals surface area (Å²) in [5, 5.41) is 1.61. The Morgan fingerprint density at radius 1 is 1.00 bits per heavy atom. The first-order valence-corrected chi connectivity index (χ1v) is 9.92. The molecule has 0 saturated heterocycles. The Hall–Kier alpha value is -2.57. The molecule has 0 radical (unpaired) electrons. The minimum atomic E-state index is -1.10. The van der Waals surface area contributed by atoms with Crippen LogP contribution in [-0.4, -0.2) is 22.2 Å². The van der Waals surface area contributed by atoms with Gasteiger partial charge in [-0.2, -0.15) is 0 Å². The summed E-state index contributed by atoms with van der Waals surface area (Å²) >= 11 is -1.10. The largest absolute Gasteiger partial charge is 0.612 e. The average Bonchev–Trinajstić information content (AvgIpc) is 2.62. The van der Waals surface area contributed by atoms with Gasteiger partial charge in [0.15, 0.2) is 11.5 Å². The van der Waals surface area contributed by atoms with Gasteiger partial charge < -0.3 is 14.0 Å². The Balaban J connectivity index is 1.95. The van der Waals surface area contributed by atoms with Crippen molar-refractivity contribution in [3.8, 4) is 11.5 Å². The van der Waals surface area contributed by atoms with E-state index in [1.54, 1.807) is 23.6 Å². The first-order chi connectivity index (χ1) is 12.9. The minimum absolute atomic E-state index is 0.148. The van der Waals surface area contributed by atoms with E-state index in [2.05, 4.69) is 12.1 Å². The summed E-state index contributed by atoms with van der Waals surface area (Å²) in [5.74, 6) is -0.151. The van der Waals surface area contributed by atoms with Gasteiger partial charge in [0, 0.05) is 13.8 Å². The van der Waals surface area contributed by atoms with E-state index in [0.29, 0.717) is 11.3 Å². The van der Waals surface area contributed by atoms with Crippen molar-refractivity contribution in [2.45, 2.75) is 26.7 Å². The van der Waals surface area contributed by atoms with E-state index in [1.165, 1.54) is 25.5 Å². The van der Waals surface area contributed by atoms with Crippen molar-refractivity contribution in [3.63, 3.8) is 0 Å². The van der Waals surface area contributed by atoms with E-state index >= 15 is 0 Å². The van der Waals surface area contributed by atoms with Crippen molar-refractivity contribution >= 4 is 29.2 Å². The van der Waals surface area contributed by atoms with E-state index in [4.69, 9.17) is 9.47 Å². The lowest BCUT2D eigenvalue weighted by atomic mass is 10.1. The molecule has 5 nitrogen and oxygen atoms in total. The highest BCUT2D eigenvalue weighted by Crippen LogP contribution is 2.29. The second kappa shape index (κ2) is 10.5. The lowest BCUT2D eigenvalue weighted by Crippen LogP contribution is -2.07. The zero-order valence-electron chi connectivity index (χ0n) is 15.3. The fourth-order valence-corrected chi connectivity index (χ4v) is 3.26. The van der Waals surface area contributed by atoms with Gasteiger partial charge >= 0.3 is 11.9 Å². The number of rotatable bonds is 8. The van der Waals surface area contributed by atoms with Gasteiger partial charge in [-0.05, 0) is 53.4 Å².